The lowest BCUT2D eigenvalue weighted by Crippen LogP contribution is -2.49. The molecule has 2 aliphatic rings. The fourth-order valence-corrected chi connectivity index (χ4v) is 3.42. The third-order valence-electron chi connectivity index (χ3n) is 4.30. The predicted octanol–water partition coefficient (Wildman–Crippen LogP) is 1.99. The zero-order chi connectivity index (χ0) is 14.9. The van der Waals surface area contributed by atoms with Crippen LogP contribution < -0.4 is 16.4 Å². The molecule has 116 valence electrons. The third-order valence-corrected chi connectivity index (χ3v) is 5.31. The monoisotopic (exact) mass is 310 g/mol. The minimum absolute atomic E-state index is 0.129. The summed E-state index contributed by atoms with van der Waals surface area (Å²) in [5.41, 5.74) is 5.68. The quantitative estimate of drug-likeness (QED) is 0.791. The van der Waals surface area contributed by atoms with E-state index in [-0.39, 0.29) is 11.4 Å². The Morgan fingerprint density at radius 1 is 1.43 bits per heavy atom. The summed E-state index contributed by atoms with van der Waals surface area (Å²) in [6.07, 6.45) is 5.24. The molecule has 1 aromatic rings. The Bertz CT molecular complexity index is 521. The summed E-state index contributed by atoms with van der Waals surface area (Å²) >= 11 is 1.34. The molecular weight excluding hydrogens is 288 g/mol. The largest absolute Gasteiger partial charge is 0.382 e. The maximum Gasteiger partial charge on any atom is 0.265 e. The van der Waals surface area contributed by atoms with Crippen LogP contribution in [0.25, 0.3) is 0 Å². The SMILES string of the molecule is CC1(NC(=O)c2sc(NC3CCC3)nc2N)CCOCC1. The molecule has 2 fully saturated rings. The van der Waals surface area contributed by atoms with Crippen LogP contribution in [0.4, 0.5) is 10.9 Å². The van der Waals surface area contributed by atoms with Gasteiger partial charge in [0.1, 0.15) is 10.7 Å². The van der Waals surface area contributed by atoms with Gasteiger partial charge in [-0.05, 0) is 39.0 Å². The molecule has 4 N–H and O–H groups in total. The number of amides is 1. The number of thiazole rings is 1. The number of hydrogen-bond donors (Lipinski definition) is 3. The van der Waals surface area contributed by atoms with Crippen molar-refractivity contribution in [1.29, 1.82) is 0 Å². The molecule has 7 heteroatoms. The Hall–Kier alpha value is -1.34. The molecule has 0 bridgehead atoms. The zero-order valence-corrected chi connectivity index (χ0v) is 13.1. The first-order valence-corrected chi connectivity index (χ1v) is 8.30. The molecule has 21 heavy (non-hydrogen) atoms. The number of ether oxygens (including phenoxy) is 1. The van der Waals surface area contributed by atoms with Crippen LogP contribution in [0.5, 0.6) is 0 Å². The van der Waals surface area contributed by atoms with Crippen molar-refractivity contribution in [3.05, 3.63) is 4.88 Å². The van der Waals surface area contributed by atoms with E-state index in [2.05, 4.69) is 22.5 Å². The van der Waals surface area contributed by atoms with E-state index >= 15 is 0 Å². The number of nitrogen functional groups attached to an aromatic ring is 1. The number of carbonyl (C=O) groups excluding carboxylic acids is 1. The van der Waals surface area contributed by atoms with E-state index in [0.29, 0.717) is 30.0 Å². The molecule has 6 nitrogen and oxygen atoms in total. The Morgan fingerprint density at radius 3 is 2.76 bits per heavy atom. The van der Waals surface area contributed by atoms with Crippen molar-refractivity contribution in [2.75, 3.05) is 24.3 Å². The molecule has 2 heterocycles. The van der Waals surface area contributed by atoms with Gasteiger partial charge in [-0.2, -0.15) is 0 Å². The lowest BCUT2D eigenvalue weighted by molar-refractivity contribution is 0.0424. The molecule has 1 aromatic heterocycles. The van der Waals surface area contributed by atoms with Gasteiger partial charge >= 0.3 is 0 Å². The smallest absolute Gasteiger partial charge is 0.265 e. The molecule has 1 aliphatic heterocycles. The molecule has 0 spiro atoms. The average Bonchev–Trinajstić information content (AvgIpc) is 2.75. The highest BCUT2D eigenvalue weighted by molar-refractivity contribution is 7.18. The summed E-state index contributed by atoms with van der Waals surface area (Å²) in [6, 6.07) is 0.486. The van der Waals surface area contributed by atoms with E-state index in [1.165, 1.54) is 30.6 Å². The zero-order valence-electron chi connectivity index (χ0n) is 12.3. The number of aromatic nitrogens is 1. The van der Waals surface area contributed by atoms with Gasteiger partial charge in [-0.3, -0.25) is 4.79 Å². The summed E-state index contributed by atoms with van der Waals surface area (Å²) in [5.74, 6) is 0.186. The van der Waals surface area contributed by atoms with Crippen LogP contribution in [0.2, 0.25) is 0 Å². The van der Waals surface area contributed by atoms with Crippen LogP contribution in [0.1, 0.15) is 48.7 Å². The van der Waals surface area contributed by atoms with Crippen molar-refractivity contribution < 1.29 is 9.53 Å². The lowest BCUT2D eigenvalue weighted by atomic mass is 9.92. The van der Waals surface area contributed by atoms with Crippen molar-refractivity contribution in [3.63, 3.8) is 0 Å². The van der Waals surface area contributed by atoms with E-state index in [0.717, 1.165) is 18.0 Å². The van der Waals surface area contributed by atoms with Crippen molar-refractivity contribution >= 4 is 28.2 Å². The summed E-state index contributed by atoms with van der Waals surface area (Å²) in [7, 11) is 0. The topological polar surface area (TPSA) is 89.3 Å². The molecule has 0 aromatic carbocycles. The molecule has 0 atom stereocenters. The van der Waals surface area contributed by atoms with Gasteiger partial charge in [-0.25, -0.2) is 4.98 Å². The fraction of sp³-hybridized carbons (Fsp3) is 0.714. The Morgan fingerprint density at radius 2 is 2.14 bits per heavy atom. The van der Waals surface area contributed by atoms with Gasteiger partial charge in [-0.15, -0.1) is 0 Å². The van der Waals surface area contributed by atoms with Gasteiger partial charge in [0.25, 0.3) is 5.91 Å². The van der Waals surface area contributed by atoms with Crippen molar-refractivity contribution in [2.24, 2.45) is 0 Å². The van der Waals surface area contributed by atoms with Gasteiger partial charge in [0.2, 0.25) is 0 Å². The predicted molar refractivity (Wildman–Crippen MR) is 83.7 cm³/mol. The normalized spacial score (nSPS) is 21.6. The summed E-state index contributed by atoms with van der Waals surface area (Å²) in [5, 5.41) is 7.18. The minimum atomic E-state index is -0.215. The Kier molecular flexibility index (Phi) is 4.03. The van der Waals surface area contributed by atoms with E-state index < -0.39 is 0 Å². The van der Waals surface area contributed by atoms with E-state index in [4.69, 9.17) is 10.5 Å². The van der Waals surface area contributed by atoms with Crippen LogP contribution >= 0.6 is 11.3 Å². The second kappa shape index (κ2) is 5.81. The molecule has 3 rings (SSSR count). The Balaban J connectivity index is 1.66. The number of anilines is 2. The first kappa shape index (κ1) is 14.6. The number of carbonyl (C=O) groups is 1. The maximum absolute atomic E-state index is 12.4. The fourth-order valence-electron chi connectivity index (χ4n) is 2.56. The number of rotatable bonds is 4. The van der Waals surface area contributed by atoms with Crippen molar-refractivity contribution in [2.45, 2.75) is 50.6 Å². The van der Waals surface area contributed by atoms with Crippen molar-refractivity contribution in [1.82, 2.24) is 10.3 Å². The summed E-state index contributed by atoms with van der Waals surface area (Å²) in [4.78, 5) is 17.2. The molecule has 1 saturated carbocycles. The second-order valence-corrected chi connectivity index (χ2v) is 7.13. The summed E-state index contributed by atoms with van der Waals surface area (Å²) in [6.45, 7) is 3.42. The van der Waals surface area contributed by atoms with Crippen LogP contribution in [0.15, 0.2) is 0 Å². The number of hydrogen-bond acceptors (Lipinski definition) is 6. The van der Waals surface area contributed by atoms with Gasteiger partial charge in [-0.1, -0.05) is 11.3 Å². The standard InChI is InChI=1S/C14H22N4O2S/c1-14(5-7-20-8-6-14)18-12(19)10-11(15)17-13(21-10)16-9-3-2-4-9/h9H,2-8,15H2,1H3,(H,16,17)(H,18,19). The van der Waals surface area contributed by atoms with Crippen LogP contribution in [0, 0.1) is 0 Å². The Labute approximate surface area is 128 Å². The minimum Gasteiger partial charge on any atom is -0.382 e. The average molecular weight is 310 g/mol. The first-order chi connectivity index (χ1) is 10.1. The molecule has 1 aliphatic carbocycles. The van der Waals surface area contributed by atoms with Crippen LogP contribution in [-0.2, 0) is 4.74 Å². The third kappa shape index (κ3) is 3.29. The maximum atomic E-state index is 12.4. The second-order valence-electron chi connectivity index (χ2n) is 6.13. The van der Waals surface area contributed by atoms with Gasteiger partial charge in [0, 0.05) is 24.8 Å². The number of nitrogens with one attached hydrogen (secondary N) is 2. The molecule has 0 radical (unpaired) electrons. The van der Waals surface area contributed by atoms with Crippen molar-refractivity contribution in [3.8, 4) is 0 Å². The molecule has 1 amide bonds. The van der Waals surface area contributed by atoms with E-state index in [9.17, 15) is 4.79 Å². The van der Waals surface area contributed by atoms with E-state index in [1.54, 1.807) is 0 Å². The summed E-state index contributed by atoms with van der Waals surface area (Å²) < 4.78 is 5.35. The highest BCUT2D eigenvalue weighted by Crippen LogP contribution is 2.30. The number of nitrogens with two attached hydrogens (primary N) is 1. The molecular formula is C14H22N4O2S. The lowest BCUT2D eigenvalue weighted by Gasteiger charge is -2.34. The van der Waals surface area contributed by atoms with Gasteiger partial charge in [0.15, 0.2) is 5.13 Å². The number of nitrogens with zero attached hydrogens (tertiary/aromatic N) is 1. The van der Waals surface area contributed by atoms with E-state index in [1.807, 2.05) is 0 Å². The first-order valence-electron chi connectivity index (χ1n) is 7.49. The molecule has 1 saturated heterocycles. The van der Waals surface area contributed by atoms with Gasteiger partial charge < -0.3 is 21.1 Å². The van der Waals surface area contributed by atoms with Crippen LogP contribution in [0.3, 0.4) is 0 Å². The van der Waals surface area contributed by atoms with Gasteiger partial charge in [0.05, 0.1) is 0 Å². The highest BCUT2D eigenvalue weighted by Gasteiger charge is 2.31. The highest BCUT2D eigenvalue weighted by atomic mass is 32.1. The van der Waals surface area contributed by atoms with Crippen LogP contribution in [-0.4, -0.2) is 35.7 Å². The molecule has 0 unspecified atom stereocenters.